The molecular formula is C11H8FN3O4. The lowest BCUT2D eigenvalue weighted by Gasteiger charge is -2.00. The average molecular weight is 265 g/mol. The number of rotatable bonds is 4. The summed E-state index contributed by atoms with van der Waals surface area (Å²) in [7, 11) is 0. The fourth-order valence-electron chi connectivity index (χ4n) is 1.55. The van der Waals surface area contributed by atoms with Gasteiger partial charge in [-0.05, 0) is 22.6 Å². The molecule has 98 valence electrons. The van der Waals surface area contributed by atoms with Crippen LogP contribution in [0.15, 0.2) is 30.3 Å². The van der Waals surface area contributed by atoms with Crippen molar-refractivity contribution in [1.82, 2.24) is 9.78 Å². The Kier molecular flexibility index (Phi) is 3.23. The third-order valence-corrected chi connectivity index (χ3v) is 2.42. The molecule has 1 heterocycles. The van der Waals surface area contributed by atoms with Crippen LogP contribution in [0.2, 0.25) is 0 Å². The highest BCUT2D eigenvalue weighted by Crippen LogP contribution is 2.14. The molecule has 2 rings (SSSR count). The summed E-state index contributed by atoms with van der Waals surface area (Å²) in [5.74, 6) is -2.28. The van der Waals surface area contributed by atoms with Crippen molar-refractivity contribution in [3.8, 4) is 0 Å². The largest absolute Gasteiger partial charge is 0.476 e. The first-order chi connectivity index (χ1) is 8.97. The van der Waals surface area contributed by atoms with Gasteiger partial charge in [0.15, 0.2) is 5.69 Å². The van der Waals surface area contributed by atoms with Crippen molar-refractivity contribution in [3.63, 3.8) is 0 Å². The van der Waals surface area contributed by atoms with Crippen molar-refractivity contribution in [2.24, 2.45) is 0 Å². The summed E-state index contributed by atoms with van der Waals surface area (Å²) in [6.07, 6.45) is 0. The molecule has 19 heavy (non-hydrogen) atoms. The van der Waals surface area contributed by atoms with E-state index < -0.39 is 22.5 Å². The van der Waals surface area contributed by atoms with Gasteiger partial charge in [0.1, 0.15) is 5.82 Å². The number of carboxylic acids is 1. The Labute approximate surface area is 106 Å². The summed E-state index contributed by atoms with van der Waals surface area (Å²) in [4.78, 5) is 20.8. The van der Waals surface area contributed by atoms with Crippen LogP contribution in [0, 0.1) is 15.9 Å². The van der Waals surface area contributed by atoms with Crippen LogP contribution in [0.25, 0.3) is 0 Å². The smallest absolute Gasteiger partial charge is 0.390 e. The summed E-state index contributed by atoms with van der Waals surface area (Å²) in [5, 5.41) is 23.1. The second-order valence-electron chi connectivity index (χ2n) is 3.73. The van der Waals surface area contributed by atoms with E-state index in [1.165, 1.54) is 24.3 Å². The summed E-state index contributed by atoms with van der Waals surface area (Å²) in [5.41, 5.74) is 0.290. The van der Waals surface area contributed by atoms with Crippen molar-refractivity contribution < 1.29 is 19.2 Å². The highest BCUT2D eigenvalue weighted by molar-refractivity contribution is 5.86. The molecule has 0 radical (unpaired) electrons. The molecule has 0 spiro atoms. The number of nitro groups is 1. The van der Waals surface area contributed by atoms with E-state index in [0.29, 0.717) is 5.56 Å². The number of carbonyl (C=O) groups is 1. The van der Waals surface area contributed by atoms with Crippen LogP contribution >= 0.6 is 0 Å². The van der Waals surface area contributed by atoms with Crippen molar-refractivity contribution in [2.45, 2.75) is 6.54 Å². The first-order valence-electron chi connectivity index (χ1n) is 5.17. The van der Waals surface area contributed by atoms with Crippen LogP contribution < -0.4 is 0 Å². The number of carboxylic acid groups (broad SMARTS) is 1. The maximum Gasteiger partial charge on any atom is 0.390 e. The molecule has 0 fully saturated rings. The molecule has 1 aromatic carbocycles. The molecule has 0 aliphatic heterocycles. The molecule has 0 aliphatic rings. The fraction of sp³-hybridized carbons (Fsp3) is 0.0909. The second-order valence-corrected chi connectivity index (χ2v) is 3.73. The first-order valence-corrected chi connectivity index (χ1v) is 5.17. The van der Waals surface area contributed by atoms with Gasteiger partial charge >= 0.3 is 11.8 Å². The van der Waals surface area contributed by atoms with Crippen LogP contribution in [0.4, 0.5) is 10.2 Å². The second kappa shape index (κ2) is 4.84. The highest BCUT2D eigenvalue weighted by Gasteiger charge is 2.22. The van der Waals surface area contributed by atoms with Gasteiger partial charge in [0.2, 0.25) is 0 Å². The lowest BCUT2D eigenvalue weighted by atomic mass is 10.2. The number of hydrogen-bond acceptors (Lipinski definition) is 4. The Morgan fingerprint density at radius 3 is 2.58 bits per heavy atom. The Hall–Kier alpha value is -2.77. The van der Waals surface area contributed by atoms with Crippen LogP contribution in [0.3, 0.4) is 0 Å². The quantitative estimate of drug-likeness (QED) is 0.669. The predicted molar refractivity (Wildman–Crippen MR) is 61.3 cm³/mol. The number of aromatic nitrogens is 2. The minimum atomic E-state index is -1.32. The van der Waals surface area contributed by atoms with Gasteiger partial charge in [0.05, 0.1) is 17.7 Å². The maximum atomic E-state index is 12.7. The minimum Gasteiger partial charge on any atom is -0.476 e. The van der Waals surface area contributed by atoms with E-state index in [0.717, 1.165) is 10.7 Å². The number of benzene rings is 1. The molecule has 7 nitrogen and oxygen atoms in total. The molecule has 2 aromatic rings. The topological polar surface area (TPSA) is 98.3 Å². The summed E-state index contributed by atoms with van der Waals surface area (Å²) >= 11 is 0. The third kappa shape index (κ3) is 2.73. The van der Waals surface area contributed by atoms with Gasteiger partial charge in [-0.25, -0.2) is 9.18 Å². The molecular weight excluding hydrogens is 257 g/mol. The van der Waals surface area contributed by atoms with E-state index >= 15 is 0 Å². The average Bonchev–Trinajstić information content (AvgIpc) is 2.76. The van der Waals surface area contributed by atoms with Gasteiger partial charge in [-0.1, -0.05) is 12.1 Å². The van der Waals surface area contributed by atoms with E-state index in [1.807, 2.05) is 0 Å². The lowest BCUT2D eigenvalue weighted by Crippen LogP contribution is -2.10. The normalized spacial score (nSPS) is 10.4. The van der Waals surface area contributed by atoms with Crippen molar-refractivity contribution in [3.05, 3.63) is 57.5 Å². The zero-order valence-corrected chi connectivity index (χ0v) is 9.49. The Morgan fingerprint density at radius 1 is 1.42 bits per heavy atom. The van der Waals surface area contributed by atoms with Crippen LogP contribution in [0.1, 0.15) is 16.1 Å². The van der Waals surface area contributed by atoms with Gasteiger partial charge in [-0.3, -0.25) is 0 Å². The van der Waals surface area contributed by atoms with E-state index in [-0.39, 0.29) is 12.2 Å². The molecule has 0 saturated heterocycles. The molecule has 1 N–H and O–H groups in total. The fourth-order valence-corrected chi connectivity index (χ4v) is 1.55. The summed E-state index contributed by atoms with van der Waals surface area (Å²) in [6.45, 7) is 0.00968. The van der Waals surface area contributed by atoms with Crippen molar-refractivity contribution in [1.29, 1.82) is 0 Å². The number of hydrogen-bond donors (Lipinski definition) is 1. The van der Waals surface area contributed by atoms with Gasteiger partial charge in [0, 0.05) is 0 Å². The third-order valence-electron chi connectivity index (χ3n) is 2.42. The van der Waals surface area contributed by atoms with Gasteiger partial charge in [-0.15, -0.1) is 0 Å². The number of halogens is 1. The van der Waals surface area contributed by atoms with Gasteiger partial charge < -0.3 is 15.2 Å². The SMILES string of the molecule is O=C(O)c1cc([N+](=O)[O-])nn1Cc1ccc(F)cc1. The molecule has 0 aliphatic carbocycles. The molecule has 0 bridgehead atoms. The minimum absolute atomic E-state index is 0.00968. The predicted octanol–water partition coefficient (Wildman–Crippen LogP) is 1.68. The van der Waals surface area contributed by atoms with E-state index in [4.69, 9.17) is 5.11 Å². The van der Waals surface area contributed by atoms with Gasteiger partial charge in [0.25, 0.3) is 0 Å². The van der Waals surface area contributed by atoms with Gasteiger partial charge in [-0.2, -0.15) is 4.68 Å². The molecule has 8 heteroatoms. The lowest BCUT2D eigenvalue weighted by molar-refractivity contribution is -0.389. The molecule has 0 amide bonds. The Balaban J connectivity index is 2.35. The summed E-state index contributed by atoms with van der Waals surface area (Å²) in [6, 6.07) is 6.22. The highest BCUT2D eigenvalue weighted by atomic mass is 19.1. The Bertz CT molecular complexity index is 636. The summed E-state index contributed by atoms with van der Waals surface area (Å²) < 4.78 is 13.7. The Morgan fingerprint density at radius 2 is 2.05 bits per heavy atom. The number of aromatic carboxylic acids is 1. The first kappa shape index (κ1) is 12.7. The molecule has 1 aromatic heterocycles. The zero-order chi connectivity index (χ0) is 14.0. The maximum absolute atomic E-state index is 12.7. The van der Waals surface area contributed by atoms with E-state index in [9.17, 15) is 19.3 Å². The van der Waals surface area contributed by atoms with Crippen molar-refractivity contribution >= 4 is 11.8 Å². The monoisotopic (exact) mass is 265 g/mol. The van der Waals surface area contributed by atoms with Crippen LogP contribution in [-0.4, -0.2) is 25.8 Å². The number of nitrogens with zero attached hydrogens (tertiary/aromatic N) is 3. The van der Waals surface area contributed by atoms with Crippen LogP contribution in [0.5, 0.6) is 0 Å². The molecule has 0 unspecified atom stereocenters. The van der Waals surface area contributed by atoms with Crippen molar-refractivity contribution in [2.75, 3.05) is 0 Å². The van der Waals surface area contributed by atoms with E-state index in [2.05, 4.69) is 5.10 Å². The van der Waals surface area contributed by atoms with Crippen LogP contribution in [-0.2, 0) is 6.54 Å². The standard InChI is InChI=1S/C11H8FN3O4/c12-8-3-1-7(2-4-8)6-14-9(11(16)17)5-10(13-14)15(18)19/h1-5H,6H2,(H,16,17). The molecule has 0 atom stereocenters. The van der Waals surface area contributed by atoms with E-state index in [1.54, 1.807) is 0 Å². The zero-order valence-electron chi connectivity index (χ0n) is 9.49. The molecule has 0 saturated carbocycles.